The number of ether oxygens (including phenoxy) is 2. The Morgan fingerprint density at radius 3 is 2.31 bits per heavy atom. The number of aromatic nitrogens is 3. The number of pyridine rings is 1. The maximum atomic E-state index is 6.00. The van der Waals surface area contributed by atoms with Crippen LogP contribution < -0.4 is 9.47 Å². The first kappa shape index (κ1) is 17.4. The Hall–Kier alpha value is -3.39. The Morgan fingerprint density at radius 1 is 0.923 bits per heavy atom. The van der Waals surface area contributed by atoms with Crippen molar-refractivity contribution < 1.29 is 9.47 Å². The molecule has 0 bridgehead atoms. The minimum Gasteiger partial charge on any atom is -0.495 e. The van der Waals surface area contributed by atoms with Crippen LogP contribution in [-0.2, 0) is 0 Å². The Labute approximate surface area is 153 Å². The summed E-state index contributed by atoms with van der Waals surface area (Å²) in [5, 5.41) is 0. The van der Waals surface area contributed by atoms with Gasteiger partial charge < -0.3 is 9.47 Å². The lowest BCUT2D eigenvalue weighted by atomic mass is 9.99. The SMILES string of the molecule is COc1cc(C(C)C)c(Oc2cncnc2)cc1C#Cc1ccncc1. The van der Waals surface area contributed by atoms with Gasteiger partial charge in [-0.1, -0.05) is 25.7 Å². The van der Waals surface area contributed by atoms with E-state index in [-0.39, 0.29) is 5.92 Å². The molecule has 130 valence electrons. The van der Waals surface area contributed by atoms with Crippen LogP contribution in [0, 0.1) is 11.8 Å². The van der Waals surface area contributed by atoms with Gasteiger partial charge in [-0.25, -0.2) is 9.97 Å². The van der Waals surface area contributed by atoms with E-state index in [0.717, 1.165) is 22.4 Å². The molecule has 0 spiro atoms. The van der Waals surface area contributed by atoms with Crippen LogP contribution in [0.25, 0.3) is 0 Å². The second-order valence-electron chi connectivity index (χ2n) is 5.91. The van der Waals surface area contributed by atoms with Crippen LogP contribution in [0.4, 0.5) is 0 Å². The first-order valence-corrected chi connectivity index (χ1v) is 8.24. The molecule has 0 aliphatic rings. The lowest BCUT2D eigenvalue weighted by Crippen LogP contribution is -1.98. The second kappa shape index (κ2) is 8.13. The Kier molecular flexibility index (Phi) is 5.45. The van der Waals surface area contributed by atoms with Crippen molar-refractivity contribution in [1.29, 1.82) is 0 Å². The topological polar surface area (TPSA) is 57.1 Å². The van der Waals surface area contributed by atoms with Gasteiger partial charge in [-0.05, 0) is 24.1 Å². The van der Waals surface area contributed by atoms with Gasteiger partial charge in [0.15, 0.2) is 5.75 Å². The van der Waals surface area contributed by atoms with Gasteiger partial charge >= 0.3 is 0 Å². The number of methoxy groups -OCH3 is 1. The molecular weight excluding hydrogens is 326 g/mol. The van der Waals surface area contributed by atoms with Gasteiger partial charge in [0, 0.05) is 29.6 Å². The molecule has 0 aliphatic heterocycles. The highest BCUT2D eigenvalue weighted by Crippen LogP contribution is 2.35. The minimum atomic E-state index is 0.255. The summed E-state index contributed by atoms with van der Waals surface area (Å²) in [6.45, 7) is 4.21. The summed E-state index contributed by atoms with van der Waals surface area (Å²) in [6.07, 6.45) is 8.16. The first-order chi connectivity index (χ1) is 12.7. The third kappa shape index (κ3) is 4.17. The Balaban J connectivity index is 2.04. The van der Waals surface area contributed by atoms with Crippen molar-refractivity contribution in [2.45, 2.75) is 19.8 Å². The van der Waals surface area contributed by atoms with Crippen molar-refractivity contribution in [2.75, 3.05) is 7.11 Å². The number of rotatable bonds is 4. The molecule has 0 unspecified atom stereocenters. The molecule has 3 aromatic rings. The van der Waals surface area contributed by atoms with Crippen molar-refractivity contribution in [3.05, 3.63) is 72.1 Å². The molecule has 2 aromatic heterocycles. The highest BCUT2D eigenvalue weighted by Gasteiger charge is 2.14. The minimum absolute atomic E-state index is 0.255. The number of hydrogen-bond donors (Lipinski definition) is 0. The smallest absolute Gasteiger partial charge is 0.164 e. The molecule has 5 heteroatoms. The average molecular weight is 345 g/mol. The summed E-state index contributed by atoms with van der Waals surface area (Å²) >= 11 is 0. The molecule has 3 rings (SSSR count). The van der Waals surface area contributed by atoms with Crippen LogP contribution in [0.3, 0.4) is 0 Å². The quantitative estimate of drug-likeness (QED) is 0.664. The van der Waals surface area contributed by atoms with E-state index < -0.39 is 0 Å². The number of hydrogen-bond acceptors (Lipinski definition) is 5. The molecule has 0 aliphatic carbocycles. The lowest BCUT2D eigenvalue weighted by Gasteiger charge is -2.16. The maximum Gasteiger partial charge on any atom is 0.164 e. The van der Waals surface area contributed by atoms with Crippen LogP contribution in [0.15, 0.2) is 55.4 Å². The summed E-state index contributed by atoms with van der Waals surface area (Å²) < 4.78 is 11.5. The molecule has 26 heavy (non-hydrogen) atoms. The van der Waals surface area contributed by atoms with E-state index in [0.29, 0.717) is 11.5 Å². The summed E-state index contributed by atoms with van der Waals surface area (Å²) in [5.41, 5.74) is 2.66. The van der Waals surface area contributed by atoms with E-state index in [1.165, 1.54) is 6.33 Å². The fourth-order valence-electron chi connectivity index (χ4n) is 2.42. The van der Waals surface area contributed by atoms with Gasteiger partial charge in [0.05, 0.1) is 25.1 Å². The van der Waals surface area contributed by atoms with Crippen LogP contribution in [-0.4, -0.2) is 22.1 Å². The normalized spacial score (nSPS) is 10.2. The molecular formula is C21H19N3O2. The molecule has 0 saturated carbocycles. The van der Waals surface area contributed by atoms with Gasteiger partial charge in [-0.2, -0.15) is 0 Å². The zero-order valence-corrected chi connectivity index (χ0v) is 14.9. The van der Waals surface area contributed by atoms with E-state index in [4.69, 9.17) is 9.47 Å². The van der Waals surface area contributed by atoms with Gasteiger partial charge in [-0.3, -0.25) is 4.98 Å². The third-order valence-corrected chi connectivity index (χ3v) is 3.74. The predicted octanol–water partition coefficient (Wildman–Crippen LogP) is 4.20. The Morgan fingerprint density at radius 2 is 1.65 bits per heavy atom. The highest BCUT2D eigenvalue weighted by atomic mass is 16.5. The number of benzene rings is 1. The fourth-order valence-corrected chi connectivity index (χ4v) is 2.42. The first-order valence-electron chi connectivity index (χ1n) is 8.24. The highest BCUT2D eigenvalue weighted by molar-refractivity contribution is 5.56. The molecule has 2 heterocycles. The zero-order chi connectivity index (χ0) is 18.4. The molecule has 0 fully saturated rings. The summed E-state index contributed by atoms with van der Waals surface area (Å²) in [7, 11) is 1.64. The van der Waals surface area contributed by atoms with Crippen LogP contribution in [0.1, 0.15) is 36.5 Å². The van der Waals surface area contributed by atoms with E-state index in [1.54, 1.807) is 31.9 Å². The Bertz CT molecular complexity index is 930. The molecule has 0 N–H and O–H groups in total. The molecule has 0 atom stereocenters. The van der Waals surface area contributed by atoms with Crippen LogP contribution in [0.2, 0.25) is 0 Å². The zero-order valence-electron chi connectivity index (χ0n) is 14.9. The molecule has 1 aromatic carbocycles. The van der Waals surface area contributed by atoms with Gasteiger partial charge in [0.25, 0.3) is 0 Å². The van der Waals surface area contributed by atoms with Gasteiger partial charge in [0.1, 0.15) is 17.8 Å². The van der Waals surface area contributed by atoms with Crippen LogP contribution >= 0.6 is 0 Å². The molecule has 0 radical (unpaired) electrons. The second-order valence-corrected chi connectivity index (χ2v) is 5.91. The van der Waals surface area contributed by atoms with Crippen molar-refractivity contribution in [2.24, 2.45) is 0 Å². The fraction of sp³-hybridized carbons (Fsp3) is 0.190. The van der Waals surface area contributed by atoms with Gasteiger partial charge in [-0.15, -0.1) is 0 Å². The molecule has 5 nitrogen and oxygen atoms in total. The van der Waals surface area contributed by atoms with Crippen molar-refractivity contribution >= 4 is 0 Å². The maximum absolute atomic E-state index is 6.00. The average Bonchev–Trinajstić information content (AvgIpc) is 2.67. The lowest BCUT2D eigenvalue weighted by molar-refractivity contribution is 0.409. The third-order valence-electron chi connectivity index (χ3n) is 3.74. The van der Waals surface area contributed by atoms with E-state index in [1.807, 2.05) is 24.3 Å². The van der Waals surface area contributed by atoms with Crippen molar-refractivity contribution in [1.82, 2.24) is 15.0 Å². The van der Waals surface area contributed by atoms with Crippen molar-refractivity contribution in [3.63, 3.8) is 0 Å². The predicted molar refractivity (Wildman–Crippen MR) is 99.4 cm³/mol. The van der Waals surface area contributed by atoms with Crippen LogP contribution in [0.5, 0.6) is 17.2 Å². The van der Waals surface area contributed by atoms with Gasteiger partial charge in [0.2, 0.25) is 0 Å². The summed E-state index contributed by atoms with van der Waals surface area (Å²) in [4.78, 5) is 12.0. The molecule has 0 amide bonds. The largest absolute Gasteiger partial charge is 0.495 e. The van der Waals surface area contributed by atoms with E-state index in [9.17, 15) is 0 Å². The number of nitrogens with zero attached hydrogens (tertiary/aromatic N) is 3. The summed E-state index contributed by atoms with van der Waals surface area (Å²) in [5.74, 6) is 8.55. The van der Waals surface area contributed by atoms with E-state index >= 15 is 0 Å². The summed E-state index contributed by atoms with van der Waals surface area (Å²) in [6, 6.07) is 7.59. The molecule has 0 saturated heterocycles. The van der Waals surface area contributed by atoms with Crippen molar-refractivity contribution in [3.8, 4) is 29.1 Å². The van der Waals surface area contributed by atoms with E-state index in [2.05, 4.69) is 40.6 Å². The monoisotopic (exact) mass is 345 g/mol. The standard InChI is InChI=1S/C21H19N3O2/c1-15(2)19-11-20(25-3)17(5-4-16-6-8-22-9-7-16)10-21(19)26-18-12-23-14-24-13-18/h6-15H,1-3H3.